The second-order valence-corrected chi connectivity index (χ2v) is 9.69. The Bertz CT molecular complexity index is 1150. The molecule has 0 N–H and O–H groups in total. The Hall–Kier alpha value is -3.07. The number of benzene rings is 2. The highest BCUT2D eigenvalue weighted by Gasteiger charge is 2.19. The van der Waals surface area contributed by atoms with Crippen molar-refractivity contribution in [1.82, 2.24) is 0 Å². The Balaban J connectivity index is 1.44. The van der Waals surface area contributed by atoms with E-state index in [1.54, 1.807) is 18.2 Å². The molecule has 0 aliphatic heterocycles. The van der Waals surface area contributed by atoms with Crippen molar-refractivity contribution >= 4 is 22.1 Å². The first-order chi connectivity index (χ1) is 19.3. The highest BCUT2D eigenvalue weighted by molar-refractivity contribution is 7.86. The minimum Gasteiger partial charge on any atom is -0.491 e. The molecule has 0 saturated carbocycles. The van der Waals surface area contributed by atoms with E-state index in [2.05, 4.69) is 4.74 Å². The monoisotopic (exact) mass is 584 g/mol. The van der Waals surface area contributed by atoms with Crippen molar-refractivity contribution in [2.75, 3.05) is 80.3 Å². The number of methoxy groups -OCH3 is 2. The Morgan fingerprint density at radius 1 is 0.625 bits per heavy atom. The normalized spacial score (nSPS) is 11.3. The average molecular weight is 585 g/mol. The van der Waals surface area contributed by atoms with E-state index in [-0.39, 0.29) is 35.8 Å². The van der Waals surface area contributed by atoms with Gasteiger partial charge in [0, 0.05) is 0 Å². The van der Waals surface area contributed by atoms with Crippen LogP contribution in [0.15, 0.2) is 47.4 Å². The van der Waals surface area contributed by atoms with Gasteiger partial charge in [0.25, 0.3) is 10.1 Å². The molecule has 2 aromatic rings. The molecule has 40 heavy (non-hydrogen) atoms. The van der Waals surface area contributed by atoms with Gasteiger partial charge in [-0.1, -0.05) is 17.7 Å². The van der Waals surface area contributed by atoms with Gasteiger partial charge in [0.1, 0.15) is 12.4 Å². The zero-order chi connectivity index (χ0) is 29.2. The lowest BCUT2D eigenvalue weighted by Crippen LogP contribution is -2.15. The van der Waals surface area contributed by atoms with E-state index < -0.39 is 22.1 Å². The van der Waals surface area contributed by atoms with Gasteiger partial charge in [-0.3, -0.25) is 4.18 Å². The van der Waals surface area contributed by atoms with E-state index >= 15 is 0 Å². The van der Waals surface area contributed by atoms with Crippen LogP contribution in [0.2, 0.25) is 0 Å². The smallest absolute Gasteiger partial charge is 0.338 e. The molecule has 0 bridgehead atoms. The van der Waals surface area contributed by atoms with E-state index in [0.717, 1.165) is 5.56 Å². The summed E-state index contributed by atoms with van der Waals surface area (Å²) >= 11 is 0. The van der Waals surface area contributed by atoms with Gasteiger partial charge in [0.2, 0.25) is 0 Å². The van der Waals surface area contributed by atoms with Crippen molar-refractivity contribution < 1.29 is 55.3 Å². The zero-order valence-corrected chi connectivity index (χ0v) is 23.7. The number of esters is 2. The summed E-state index contributed by atoms with van der Waals surface area (Å²) in [7, 11) is -1.35. The summed E-state index contributed by atoms with van der Waals surface area (Å²) in [5.41, 5.74) is 1.10. The van der Waals surface area contributed by atoms with Crippen LogP contribution in [0.1, 0.15) is 26.3 Å². The number of carbonyl (C=O) groups is 2. The van der Waals surface area contributed by atoms with Crippen LogP contribution in [0.4, 0.5) is 0 Å². The van der Waals surface area contributed by atoms with Crippen LogP contribution in [0.3, 0.4) is 0 Å². The van der Waals surface area contributed by atoms with Gasteiger partial charge < -0.3 is 33.2 Å². The standard InChI is InChI=1S/C27H36O12S/c1-21-4-7-23(8-5-21)40(30,31)39-19-17-37-15-13-35-11-10-34-12-14-36-16-18-38-22-6-9-24(26(28)32-2)25(20-22)27(29)33-3/h4-9,20H,10-19H2,1-3H3. The molecule has 12 nitrogen and oxygen atoms in total. The van der Waals surface area contributed by atoms with Gasteiger partial charge in [-0.25, -0.2) is 9.59 Å². The summed E-state index contributed by atoms with van der Waals surface area (Å²) in [6.45, 7) is 4.53. The zero-order valence-electron chi connectivity index (χ0n) is 22.9. The number of ether oxygens (including phenoxy) is 7. The van der Waals surface area contributed by atoms with Crippen molar-refractivity contribution in [3.05, 3.63) is 59.2 Å². The Kier molecular flexibility index (Phi) is 15.2. The molecule has 0 amide bonds. The minimum absolute atomic E-state index is 0.0494. The Morgan fingerprint density at radius 2 is 1.10 bits per heavy atom. The van der Waals surface area contributed by atoms with Crippen LogP contribution < -0.4 is 4.74 Å². The molecule has 0 radical (unpaired) electrons. The fraction of sp³-hybridized carbons (Fsp3) is 0.481. The summed E-state index contributed by atoms with van der Waals surface area (Å²) in [5, 5.41) is 0. The van der Waals surface area contributed by atoms with Crippen LogP contribution in [-0.4, -0.2) is 101 Å². The summed E-state index contributed by atoms with van der Waals surface area (Å²) in [6, 6.07) is 10.8. The summed E-state index contributed by atoms with van der Waals surface area (Å²) in [5.74, 6) is -0.940. The van der Waals surface area contributed by atoms with Crippen LogP contribution in [-0.2, 0) is 42.7 Å². The predicted molar refractivity (Wildman–Crippen MR) is 142 cm³/mol. The average Bonchev–Trinajstić information content (AvgIpc) is 2.96. The molecule has 0 fully saturated rings. The fourth-order valence-corrected chi connectivity index (χ4v) is 4.03. The summed E-state index contributed by atoms with van der Waals surface area (Å²) in [4.78, 5) is 23.9. The van der Waals surface area contributed by atoms with Crippen molar-refractivity contribution in [3.8, 4) is 5.75 Å². The van der Waals surface area contributed by atoms with E-state index in [1.165, 1.54) is 38.5 Å². The Labute approximate surface area is 234 Å². The van der Waals surface area contributed by atoms with Crippen molar-refractivity contribution in [2.24, 2.45) is 0 Å². The van der Waals surface area contributed by atoms with Crippen molar-refractivity contribution in [1.29, 1.82) is 0 Å². The molecular formula is C27H36O12S. The molecule has 2 rings (SSSR count). The summed E-state index contributed by atoms with van der Waals surface area (Å²) in [6.07, 6.45) is 0. The van der Waals surface area contributed by atoms with E-state index in [0.29, 0.717) is 52.0 Å². The highest BCUT2D eigenvalue weighted by Crippen LogP contribution is 2.20. The molecule has 0 aromatic heterocycles. The van der Waals surface area contributed by atoms with Gasteiger partial charge in [-0.15, -0.1) is 0 Å². The third-order valence-electron chi connectivity index (χ3n) is 5.19. The van der Waals surface area contributed by atoms with Gasteiger partial charge in [-0.2, -0.15) is 8.42 Å². The fourth-order valence-electron chi connectivity index (χ4n) is 3.14. The third kappa shape index (κ3) is 12.0. The van der Waals surface area contributed by atoms with Crippen LogP contribution in [0, 0.1) is 6.92 Å². The maximum absolute atomic E-state index is 12.1. The first-order valence-electron chi connectivity index (χ1n) is 12.5. The Morgan fingerprint density at radius 3 is 1.62 bits per heavy atom. The number of carbonyl (C=O) groups excluding carboxylic acids is 2. The molecule has 0 unspecified atom stereocenters. The van der Waals surface area contributed by atoms with Crippen LogP contribution in [0.5, 0.6) is 5.75 Å². The van der Waals surface area contributed by atoms with Crippen molar-refractivity contribution in [3.63, 3.8) is 0 Å². The molecule has 0 heterocycles. The molecule has 0 spiro atoms. The number of hydrogen-bond acceptors (Lipinski definition) is 12. The third-order valence-corrected chi connectivity index (χ3v) is 6.52. The molecule has 0 aliphatic carbocycles. The number of aryl methyl sites for hydroxylation is 1. The van der Waals surface area contributed by atoms with Crippen molar-refractivity contribution in [2.45, 2.75) is 11.8 Å². The lowest BCUT2D eigenvalue weighted by molar-refractivity contribution is -0.00682. The molecule has 0 aliphatic rings. The molecule has 222 valence electrons. The first-order valence-corrected chi connectivity index (χ1v) is 13.9. The molecule has 13 heteroatoms. The van der Waals surface area contributed by atoms with Gasteiger partial charge in [0.05, 0.1) is 89.7 Å². The largest absolute Gasteiger partial charge is 0.491 e. The van der Waals surface area contributed by atoms with Crippen LogP contribution >= 0.6 is 0 Å². The molecule has 0 saturated heterocycles. The SMILES string of the molecule is COC(=O)c1ccc(OCCOCCOCCOCCOCCOS(=O)(=O)c2ccc(C)cc2)cc1C(=O)OC. The lowest BCUT2D eigenvalue weighted by Gasteiger charge is -2.11. The highest BCUT2D eigenvalue weighted by atomic mass is 32.2. The summed E-state index contributed by atoms with van der Waals surface area (Å²) < 4.78 is 65.6. The maximum Gasteiger partial charge on any atom is 0.338 e. The van der Waals surface area contributed by atoms with E-state index in [1.807, 2.05) is 6.92 Å². The minimum atomic E-state index is -3.79. The van der Waals surface area contributed by atoms with Gasteiger partial charge >= 0.3 is 11.9 Å². The maximum atomic E-state index is 12.1. The molecular weight excluding hydrogens is 548 g/mol. The lowest BCUT2D eigenvalue weighted by atomic mass is 10.1. The molecule has 0 atom stereocenters. The second-order valence-electron chi connectivity index (χ2n) is 8.08. The quantitative estimate of drug-likeness (QED) is 0.128. The number of rotatable bonds is 20. The van der Waals surface area contributed by atoms with E-state index in [4.69, 9.17) is 32.6 Å². The van der Waals surface area contributed by atoms with Crippen LogP contribution in [0.25, 0.3) is 0 Å². The molecule has 2 aromatic carbocycles. The number of hydrogen-bond donors (Lipinski definition) is 0. The van der Waals surface area contributed by atoms with E-state index in [9.17, 15) is 18.0 Å². The van der Waals surface area contributed by atoms with Gasteiger partial charge in [-0.05, 0) is 37.3 Å². The predicted octanol–water partition coefficient (Wildman–Crippen LogP) is 2.42. The van der Waals surface area contributed by atoms with Gasteiger partial charge in [0.15, 0.2) is 0 Å². The topological polar surface area (TPSA) is 142 Å². The first kappa shape index (κ1) is 33.1. The second kappa shape index (κ2) is 18.3.